The van der Waals surface area contributed by atoms with Crippen LogP contribution in [0.15, 0.2) is 6.07 Å². The van der Waals surface area contributed by atoms with Crippen molar-refractivity contribution in [2.24, 2.45) is 5.73 Å². The second kappa shape index (κ2) is 5.93. The summed E-state index contributed by atoms with van der Waals surface area (Å²) in [5.74, 6) is 0. The van der Waals surface area contributed by atoms with Crippen molar-refractivity contribution in [3.8, 4) is 0 Å². The molecule has 5 heteroatoms. The van der Waals surface area contributed by atoms with Gasteiger partial charge >= 0.3 is 0 Å². The van der Waals surface area contributed by atoms with Gasteiger partial charge in [0.05, 0.1) is 11.7 Å². The Morgan fingerprint density at radius 1 is 1.59 bits per heavy atom. The number of pyridine rings is 1. The highest BCUT2D eigenvalue weighted by atomic mass is 32.1. The minimum absolute atomic E-state index is 0.128. The van der Waals surface area contributed by atoms with E-state index in [1.54, 1.807) is 7.11 Å². The van der Waals surface area contributed by atoms with Gasteiger partial charge in [-0.05, 0) is 26.8 Å². The summed E-state index contributed by atoms with van der Waals surface area (Å²) in [6.45, 7) is 6.55. The number of aromatic nitrogens is 1. The number of nitrogens with one attached hydrogen (secondary N) is 1. The maximum atomic E-state index is 5.72. The minimum atomic E-state index is 0.128. The third-order valence-electron chi connectivity index (χ3n) is 2.56. The summed E-state index contributed by atoms with van der Waals surface area (Å²) in [4.78, 5) is 4.73. The molecule has 0 aliphatic rings. The highest BCUT2D eigenvalue weighted by Gasteiger charge is 2.11. The van der Waals surface area contributed by atoms with E-state index in [9.17, 15) is 0 Å². The first-order chi connectivity index (χ1) is 7.95. The lowest BCUT2D eigenvalue weighted by molar-refractivity contribution is 0.129. The predicted octanol–water partition coefficient (Wildman–Crippen LogP) is 1.78. The summed E-state index contributed by atoms with van der Waals surface area (Å²) in [7, 11) is 1.68. The third-order valence-corrected chi connectivity index (χ3v) is 2.76. The SMILES string of the molecule is COC(C)CNc1cc(C)nc(C)c1C(N)=S. The fourth-order valence-corrected chi connectivity index (χ4v) is 1.87. The largest absolute Gasteiger partial charge is 0.389 e. The van der Waals surface area contributed by atoms with E-state index in [0.717, 1.165) is 22.6 Å². The Morgan fingerprint density at radius 3 is 2.76 bits per heavy atom. The Morgan fingerprint density at radius 2 is 2.24 bits per heavy atom. The van der Waals surface area contributed by atoms with Crippen molar-refractivity contribution >= 4 is 22.9 Å². The first-order valence-corrected chi connectivity index (χ1v) is 5.91. The minimum Gasteiger partial charge on any atom is -0.389 e. The number of nitrogens with two attached hydrogens (primary N) is 1. The van der Waals surface area contributed by atoms with Crippen molar-refractivity contribution in [1.29, 1.82) is 0 Å². The number of thiocarbonyl (C=S) groups is 1. The van der Waals surface area contributed by atoms with Crippen LogP contribution in [0, 0.1) is 13.8 Å². The summed E-state index contributed by atoms with van der Waals surface area (Å²) in [5, 5.41) is 3.29. The van der Waals surface area contributed by atoms with Crippen LogP contribution in [-0.4, -0.2) is 29.7 Å². The van der Waals surface area contributed by atoms with Crippen LogP contribution in [0.2, 0.25) is 0 Å². The molecule has 0 fully saturated rings. The summed E-state index contributed by atoms with van der Waals surface area (Å²) < 4.78 is 5.19. The molecule has 0 radical (unpaired) electrons. The van der Waals surface area contributed by atoms with Gasteiger partial charge in [-0.1, -0.05) is 12.2 Å². The molecule has 1 heterocycles. The Hall–Kier alpha value is -1.20. The highest BCUT2D eigenvalue weighted by molar-refractivity contribution is 7.80. The average molecular weight is 253 g/mol. The van der Waals surface area contributed by atoms with Gasteiger partial charge < -0.3 is 15.8 Å². The molecule has 1 atom stereocenters. The van der Waals surface area contributed by atoms with E-state index >= 15 is 0 Å². The molecule has 4 nitrogen and oxygen atoms in total. The molecule has 3 N–H and O–H groups in total. The van der Waals surface area contributed by atoms with Gasteiger partial charge in [-0.2, -0.15) is 0 Å². The lowest BCUT2D eigenvalue weighted by atomic mass is 10.1. The quantitative estimate of drug-likeness (QED) is 0.783. The van der Waals surface area contributed by atoms with Crippen LogP contribution in [-0.2, 0) is 4.74 Å². The molecule has 0 saturated carbocycles. The molecule has 17 heavy (non-hydrogen) atoms. The van der Waals surface area contributed by atoms with Gasteiger partial charge in [-0.25, -0.2) is 0 Å². The van der Waals surface area contributed by atoms with Crippen molar-refractivity contribution in [3.05, 3.63) is 23.0 Å². The van der Waals surface area contributed by atoms with Crippen molar-refractivity contribution in [2.75, 3.05) is 19.0 Å². The predicted molar refractivity (Wildman–Crippen MR) is 74.6 cm³/mol. The number of ether oxygens (including phenoxy) is 1. The van der Waals surface area contributed by atoms with Gasteiger partial charge in [0.15, 0.2) is 0 Å². The number of hydrogen-bond donors (Lipinski definition) is 2. The number of anilines is 1. The number of methoxy groups -OCH3 is 1. The van der Waals surface area contributed by atoms with Gasteiger partial charge in [-0.15, -0.1) is 0 Å². The molecular weight excluding hydrogens is 234 g/mol. The van der Waals surface area contributed by atoms with Gasteiger partial charge in [0.1, 0.15) is 4.99 Å². The molecule has 1 aromatic rings. The van der Waals surface area contributed by atoms with Crippen molar-refractivity contribution in [2.45, 2.75) is 26.9 Å². The van der Waals surface area contributed by atoms with Crippen molar-refractivity contribution in [3.63, 3.8) is 0 Å². The van der Waals surface area contributed by atoms with Crippen LogP contribution in [0.1, 0.15) is 23.9 Å². The summed E-state index contributed by atoms with van der Waals surface area (Å²) >= 11 is 5.06. The van der Waals surface area contributed by atoms with E-state index in [-0.39, 0.29) is 6.10 Å². The third kappa shape index (κ3) is 3.64. The monoisotopic (exact) mass is 253 g/mol. The molecule has 1 aromatic heterocycles. The van der Waals surface area contributed by atoms with Gasteiger partial charge in [0, 0.05) is 30.7 Å². The van der Waals surface area contributed by atoms with Crippen molar-refractivity contribution < 1.29 is 4.74 Å². The van der Waals surface area contributed by atoms with Crippen LogP contribution in [0.3, 0.4) is 0 Å². The Balaban J connectivity index is 3.00. The zero-order valence-electron chi connectivity index (χ0n) is 10.7. The second-order valence-electron chi connectivity index (χ2n) is 4.06. The molecule has 0 aliphatic heterocycles. The first kappa shape index (κ1) is 13.9. The first-order valence-electron chi connectivity index (χ1n) is 5.50. The van der Waals surface area contributed by atoms with E-state index in [2.05, 4.69) is 10.3 Å². The lowest BCUT2D eigenvalue weighted by Crippen LogP contribution is -2.22. The number of hydrogen-bond acceptors (Lipinski definition) is 4. The van der Waals surface area contributed by atoms with Crippen LogP contribution >= 0.6 is 12.2 Å². The highest BCUT2D eigenvalue weighted by Crippen LogP contribution is 2.19. The van der Waals surface area contributed by atoms with Gasteiger partial charge in [-0.3, -0.25) is 4.98 Å². The molecule has 0 aromatic carbocycles. The standard InChI is InChI=1S/C12H19N3OS/c1-7-5-10(14-6-8(2)16-4)11(12(13)17)9(3)15-7/h5,8H,6H2,1-4H3,(H2,13,17)(H,14,15). The molecular formula is C12H19N3OS. The maximum absolute atomic E-state index is 5.72. The fraction of sp³-hybridized carbons (Fsp3) is 0.500. The lowest BCUT2D eigenvalue weighted by Gasteiger charge is -2.16. The summed E-state index contributed by atoms with van der Waals surface area (Å²) in [5.41, 5.74) is 9.25. The maximum Gasteiger partial charge on any atom is 0.107 e. The van der Waals surface area contributed by atoms with Crippen LogP contribution < -0.4 is 11.1 Å². The zero-order valence-corrected chi connectivity index (χ0v) is 11.5. The molecule has 94 valence electrons. The van der Waals surface area contributed by atoms with Crippen LogP contribution in [0.4, 0.5) is 5.69 Å². The summed E-state index contributed by atoms with van der Waals surface area (Å²) in [6, 6.07) is 1.95. The Kier molecular flexibility index (Phi) is 4.84. The normalized spacial score (nSPS) is 12.2. The smallest absolute Gasteiger partial charge is 0.107 e. The topological polar surface area (TPSA) is 60.2 Å². The summed E-state index contributed by atoms with van der Waals surface area (Å²) in [6.07, 6.45) is 0.128. The molecule has 1 rings (SSSR count). The van der Waals surface area contributed by atoms with Crippen LogP contribution in [0.25, 0.3) is 0 Å². The van der Waals surface area contributed by atoms with Gasteiger partial charge in [0.2, 0.25) is 0 Å². The number of rotatable bonds is 5. The second-order valence-corrected chi connectivity index (χ2v) is 4.50. The van der Waals surface area contributed by atoms with E-state index in [0.29, 0.717) is 11.5 Å². The molecule has 0 bridgehead atoms. The fourth-order valence-electron chi connectivity index (χ4n) is 1.62. The molecule has 0 aliphatic carbocycles. The Labute approximate surface area is 108 Å². The number of aryl methyl sites for hydroxylation is 2. The van der Waals surface area contributed by atoms with Gasteiger partial charge in [0.25, 0.3) is 0 Å². The van der Waals surface area contributed by atoms with Crippen LogP contribution in [0.5, 0.6) is 0 Å². The average Bonchev–Trinajstić information content (AvgIpc) is 2.24. The molecule has 0 spiro atoms. The van der Waals surface area contributed by atoms with E-state index in [1.165, 1.54) is 0 Å². The molecule has 1 unspecified atom stereocenters. The van der Waals surface area contributed by atoms with E-state index in [1.807, 2.05) is 26.8 Å². The van der Waals surface area contributed by atoms with Crippen molar-refractivity contribution in [1.82, 2.24) is 4.98 Å². The van der Waals surface area contributed by atoms with E-state index in [4.69, 9.17) is 22.7 Å². The zero-order chi connectivity index (χ0) is 13.0. The molecule has 0 saturated heterocycles. The Bertz CT molecular complexity index is 420. The van der Waals surface area contributed by atoms with E-state index < -0.39 is 0 Å². The number of nitrogens with zero attached hydrogens (tertiary/aromatic N) is 1. The molecule has 0 amide bonds.